The van der Waals surface area contributed by atoms with E-state index in [-0.39, 0.29) is 5.97 Å². The van der Waals surface area contributed by atoms with Crippen LogP contribution in [0, 0.1) is 0 Å². The minimum atomic E-state index is -0.116. The molecular weight excluding hydrogens is 190 g/mol. The summed E-state index contributed by atoms with van der Waals surface area (Å²) in [6, 6.07) is 0. The second-order valence-corrected chi connectivity index (χ2v) is 3.68. The number of aliphatic imine (C=N–C) groups is 1. The van der Waals surface area contributed by atoms with Crippen LogP contribution < -0.4 is 0 Å². The molecule has 15 heavy (non-hydrogen) atoms. The Hall–Kier alpha value is -1.12. The van der Waals surface area contributed by atoms with E-state index in [9.17, 15) is 4.79 Å². The molecule has 0 aromatic carbocycles. The highest BCUT2D eigenvalue weighted by Crippen LogP contribution is 2.17. The number of methoxy groups -OCH3 is 1. The number of ether oxygens (including phenoxy) is 1. The van der Waals surface area contributed by atoms with Gasteiger partial charge < -0.3 is 4.74 Å². The zero-order valence-corrected chi connectivity index (χ0v) is 9.58. The minimum Gasteiger partial charge on any atom is -0.469 e. The maximum absolute atomic E-state index is 10.9. The maximum atomic E-state index is 10.9. The first kappa shape index (κ1) is 12.0. The number of nitrogens with zero attached hydrogens (tertiary/aromatic N) is 1. The number of rotatable bonds is 5. The number of hydrogen-bond donors (Lipinski definition) is 0. The molecule has 0 aromatic heterocycles. The molecule has 1 rings (SSSR count). The van der Waals surface area contributed by atoms with Crippen molar-refractivity contribution in [1.29, 1.82) is 0 Å². The zero-order chi connectivity index (χ0) is 11.1. The fraction of sp³-hybridized carbons (Fsp3) is 0.667. The van der Waals surface area contributed by atoms with Crippen LogP contribution in [0.4, 0.5) is 0 Å². The van der Waals surface area contributed by atoms with Crippen LogP contribution in [0.1, 0.15) is 39.0 Å². The average molecular weight is 209 g/mol. The Balaban J connectivity index is 2.18. The van der Waals surface area contributed by atoms with E-state index in [4.69, 9.17) is 0 Å². The van der Waals surface area contributed by atoms with Crippen LogP contribution in [0.5, 0.6) is 0 Å². The SMILES string of the molecule is C/C=C1\CCN=C1CCCCC(=O)OC. The van der Waals surface area contributed by atoms with Crippen molar-refractivity contribution in [2.45, 2.75) is 39.0 Å². The molecule has 3 nitrogen and oxygen atoms in total. The van der Waals surface area contributed by atoms with Crippen LogP contribution in [0.3, 0.4) is 0 Å². The summed E-state index contributed by atoms with van der Waals surface area (Å²) in [7, 11) is 1.43. The molecule has 0 bridgehead atoms. The molecule has 0 aromatic rings. The lowest BCUT2D eigenvalue weighted by molar-refractivity contribution is -0.140. The highest BCUT2D eigenvalue weighted by Gasteiger charge is 2.11. The predicted octanol–water partition coefficient (Wildman–Crippen LogP) is 2.51. The van der Waals surface area contributed by atoms with E-state index in [1.165, 1.54) is 18.4 Å². The number of allylic oxidation sites excluding steroid dienone is 1. The van der Waals surface area contributed by atoms with Gasteiger partial charge in [-0.05, 0) is 38.2 Å². The standard InChI is InChI=1S/C12H19NO2/c1-3-10-8-9-13-11(10)6-4-5-7-12(14)15-2/h3H,4-9H2,1-2H3/b10-3+. The minimum absolute atomic E-state index is 0.116. The predicted molar refractivity (Wildman–Crippen MR) is 61.2 cm³/mol. The van der Waals surface area contributed by atoms with E-state index in [2.05, 4.69) is 22.7 Å². The van der Waals surface area contributed by atoms with Crippen molar-refractivity contribution in [3.05, 3.63) is 11.6 Å². The van der Waals surface area contributed by atoms with Crippen molar-refractivity contribution in [1.82, 2.24) is 0 Å². The summed E-state index contributed by atoms with van der Waals surface area (Å²) in [5.74, 6) is -0.116. The van der Waals surface area contributed by atoms with Crippen LogP contribution in [0.2, 0.25) is 0 Å². The van der Waals surface area contributed by atoms with Gasteiger partial charge in [0, 0.05) is 18.7 Å². The van der Waals surface area contributed by atoms with E-state index in [1.54, 1.807) is 0 Å². The molecule has 0 saturated heterocycles. The molecule has 0 spiro atoms. The van der Waals surface area contributed by atoms with E-state index >= 15 is 0 Å². The van der Waals surface area contributed by atoms with E-state index in [1.807, 2.05) is 0 Å². The van der Waals surface area contributed by atoms with Gasteiger partial charge in [-0.3, -0.25) is 9.79 Å². The normalized spacial score (nSPS) is 18.0. The first-order chi connectivity index (χ1) is 7.27. The molecule has 0 fully saturated rings. The number of carbonyl (C=O) groups is 1. The first-order valence-electron chi connectivity index (χ1n) is 5.53. The lowest BCUT2D eigenvalue weighted by atomic mass is 10.0. The van der Waals surface area contributed by atoms with Crippen molar-refractivity contribution in [2.75, 3.05) is 13.7 Å². The second kappa shape index (κ2) is 6.38. The topological polar surface area (TPSA) is 38.7 Å². The van der Waals surface area contributed by atoms with Crippen LogP contribution >= 0.6 is 0 Å². The molecule has 0 radical (unpaired) electrons. The summed E-state index contributed by atoms with van der Waals surface area (Å²) in [5.41, 5.74) is 2.62. The molecule has 1 aliphatic rings. The van der Waals surface area contributed by atoms with Crippen molar-refractivity contribution in [3.8, 4) is 0 Å². The van der Waals surface area contributed by atoms with Gasteiger partial charge in [0.1, 0.15) is 0 Å². The van der Waals surface area contributed by atoms with Gasteiger partial charge in [-0.1, -0.05) is 6.08 Å². The second-order valence-electron chi connectivity index (χ2n) is 3.68. The molecule has 0 N–H and O–H groups in total. The molecule has 0 amide bonds. The van der Waals surface area contributed by atoms with Gasteiger partial charge in [0.25, 0.3) is 0 Å². The molecule has 1 aliphatic heterocycles. The highest BCUT2D eigenvalue weighted by atomic mass is 16.5. The summed E-state index contributed by atoms with van der Waals surface area (Å²) in [6.07, 6.45) is 6.66. The molecule has 0 atom stereocenters. The summed E-state index contributed by atoms with van der Waals surface area (Å²) in [4.78, 5) is 15.3. The Bertz CT molecular complexity index is 279. The zero-order valence-electron chi connectivity index (χ0n) is 9.58. The number of hydrogen-bond acceptors (Lipinski definition) is 3. The van der Waals surface area contributed by atoms with Gasteiger partial charge in [-0.15, -0.1) is 0 Å². The highest BCUT2D eigenvalue weighted by molar-refractivity contribution is 6.01. The Morgan fingerprint density at radius 1 is 1.53 bits per heavy atom. The quantitative estimate of drug-likeness (QED) is 0.515. The van der Waals surface area contributed by atoms with Gasteiger partial charge in [0.05, 0.1) is 7.11 Å². The lowest BCUT2D eigenvalue weighted by Crippen LogP contribution is -2.01. The van der Waals surface area contributed by atoms with Crippen molar-refractivity contribution in [2.24, 2.45) is 4.99 Å². The fourth-order valence-electron chi connectivity index (χ4n) is 1.77. The van der Waals surface area contributed by atoms with E-state index in [0.29, 0.717) is 6.42 Å². The van der Waals surface area contributed by atoms with Crippen molar-refractivity contribution >= 4 is 11.7 Å². The molecule has 84 valence electrons. The molecule has 1 heterocycles. The van der Waals surface area contributed by atoms with Gasteiger partial charge >= 0.3 is 5.97 Å². The molecule has 0 unspecified atom stereocenters. The number of esters is 1. The van der Waals surface area contributed by atoms with Gasteiger partial charge in [0.2, 0.25) is 0 Å². The lowest BCUT2D eigenvalue weighted by Gasteiger charge is -2.02. The van der Waals surface area contributed by atoms with Crippen molar-refractivity contribution in [3.63, 3.8) is 0 Å². The third-order valence-electron chi connectivity index (χ3n) is 2.68. The molecular formula is C12H19NO2. The summed E-state index contributed by atoms with van der Waals surface area (Å²) >= 11 is 0. The van der Waals surface area contributed by atoms with Crippen LogP contribution in [0.15, 0.2) is 16.6 Å². The molecule has 0 saturated carbocycles. The van der Waals surface area contributed by atoms with Gasteiger partial charge in [0.15, 0.2) is 0 Å². The first-order valence-corrected chi connectivity index (χ1v) is 5.53. The number of carbonyl (C=O) groups excluding carboxylic acids is 1. The maximum Gasteiger partial charge on any atom is 0.305 e. The van der Waals surface area contributed by atoms with E-state index < -0.39 is 0 Å². The number of unbranched alkanes of at least 4 members (excludes halogenated alkanes) is 1. The average Bonchev–Trinajstić information content (AvgIpc) is 2.71. The Morgan fingerprint density at radius 3 is 3.00 bits per heavy atom. The van der Waals surface area contributed by atoms with E-state index in [0.717, 1.165) is 32.2 Å². The molecule has 3 heteroatoms. The smallest absolute Gasteiger partial charge is 0.305 e. The van der Waals surface area contributed by atoms with Gasteiger partial charge in [-0.2, -0.15) is 0 Å². The third-order valence-corrected chi connectivity index (χ3v) is 2.68. The summed E-state index contributed by atoms with van der Waals surface area (Å²) in [6.45, 7) is 3.00. The monoisotopic (exact) mass is 209 g/mol. The largest absolute Gasteiger partial charge is 0.469 e. The Morgan fingerprint density at radius 2 is 2.33 bits per heavy atom. The Kier molecular flexibility index (Phi) is 5.08. The van der Waals surface area contributed by atoms with Crippen molar-refractivity contribution < 1.29 is 9.53 Å². The molecule has 0 aliphatic carbocycles. The third kappa shape index (κ3) is 3.86. The van der Waals surface area contributed by atoms with Crippen LogP contribution in [-0.2, 0) is 9.53 Å². The van der Waals surface area contributed by atoms with Gasteiger partial charge in [-0.25, -0.2) is 0 Å². The van der Waals surface area contributed by atoms with Crippen LogP contribution in [0.25, 0.3) is 0 Å². The summed E-state index contributed by atoms with van der Waals surface area (Å²) in [5, 5.41) is 0. The Labute approximate surface area is 91.2 Å². The van der Waals surface area contributed by atoms with Crippen LogP contribution in [-0.4, -0.2) is 25.3 Å². The fourth-order valence-corrected chi connectivity index (χ4v) is 1.77. The summed E-state index contributed by atoms with van der Waals surface area (Å²) < 4.78 is 4.58.